The number of aldehydes is 1. The molecule has 5 rings (SSSR count). The summed E-state index contributed by atoms with van der Waals surface area (Å²) in [6, 6.07) is 5.39. The minimum absolute atomic E-state index is 0.0289. The Hall–Kier alpha value is -3.88. The van der Waals surface area contributed by atoms with Crippen molar-refractivity contribution in [3.05, 3.63) is 46.3 Å². The Labute approximate surface area is 227 Å². The maximum atomic E-state index is 13.3. The summed E-state index contributed by atoms with van der Waals surface area (Å²) >= 11 is 0. The number of carbonyl (C=O) groups is 3. The van der Waals surface area contributed by atoms with Crippen LogP contribution in [0.15, 0.2) is 18.3 Å². The predicted octanol–water partition coefficient (Wildman–Crippen LogP) is 3.01. The number of rotatable bonds is 8. The predicted molar refractivity (Wildman–Crippen MR) is 141 cm³/mol. The number of methoxy groups -OCH3 is 1. The van der Waals surface area contributed by atoms with Crippen LogP contribution < -0.4 is 10.2 Å². The van der Waals surface area contributed by atoms with E-state index >= 15 is 0 Å². The van der Waals surface area contributed by atoms with Gasteiger partial charge in [0.05, 0.1) is 11.2 Å². The first-order chi connectivity index (χ1) is 18.9. The van der Waals surface area contributed by atoms with Crippen molar-refractivity contribution in [2.75, 3.05) is 43.6 Å². The van der Waals surface area contributed by atoms with E-state index in [2.05, 4.69) is 21.4 Å². The molecule has 2 aliphatic heterocycles. The molecule has 3 amide bonds. The summed E-state index contributed by atoms with van der Waals surface area (Å²) in [5.41, 5.74) is 2.89. The van der Waals surface area contributed by atoms with Crippen molar-refractivity contribution in [1.29, 1.82) is 5.26 Å². The Kier molecular flexibility index (Phi) is 7.86. The van der Waals surface area contributed by atoms with Crippen LogP contribution >= 0.6 is 0 Å². The van der Waals surface area contributed by atoms with Gasteiger partial charge >= 0.3 is 6.03 Å². The zero-order chi connectivity index (χ0) is 27.4. The lowest BCUT2D eigenvalue weighted by atomic mass is 10.0. The van der Waals surface area contributed by atoms with Gasteiger partial charge < -0.3 is 14.4 Å². The van der Waals surface area contributed by atoms with E-state index in [0.717, 1.165) is 43.2 Å². The third-order valence-corrected chi connectivity index (χ3v) is 7.72. The topological polar surface area (TPSA) is 138 Å². The van der Waals surface area contributed by atoms with Crippen molar-refractivity contribution in [1.82, 2.24) is 14.9 Å². The molecule has 0 radical (unpaired) electrons. The number of urea groups is 1. The number of fused-ring (bicyclic) bond motifs is 1. The van der Waals surface area contributed by atoms with Crippen LogP contribution in [0.25, 0.3) is 0 Å². The molecule has 0 aromatic carbocycles. The van der Waals surface area contributed by atoms with E-state index in [-0.39, 0.29) is 30.4 Å². The Morgan fingerprint density at radius 1 is 1.28 bits per heavy atom. The third-order valence-electron chi connectivity index (χ3n) is 7.72. The molecular formula is C28H32N6O5. The molecule has 0 unspecified atom stereocenters. The van der Waals surface area contributed by atoms with Gasteiger partial charge in [-0.1, -0.05) is 0 Å². The van der Waals surface area contributed by atoms with Gasteiger partial charge in [-0.3, -0.25) is 19.8 Å². The van der Waals surface area contributed by atoms with E-state index < -0.39 is 6.03 Å². The highest BCUT2D eigenvalue weighted by atomic mass is 16.5. The molecule has 39 heavy (non-hydrogen) atoms. The minimum atomic E-state index is -0.411. The molecular weight excluding hydrogens is 500 g/mol. The maximum Gasteiger partial charge on any atom is 0.328 e. The molecule has 4 heterocycles. The molecule has 3 aliphatic rings. The molecule has 1 saturated carbocycles. The molecule has 0 spiro atoms. The lowest BCUT2D eigenvalue weighted by Gasteiger charge is -2.30. The average Bonchev–Trinajstić information content (AvgIpc) is 3.77. The molecule has 1 saturated heterocycles. The van der Waals surface area contributed by atoms with E-state index in [9.17, 15) is 19.6 Å². The second-order valence-corrected chi connectivity index (χ2v) is 10.3. The highest BCUT2D eigenvalue weighted by Crippen LogP contribution is 2.43. The van der Waals surface area contributed by atoms with Crippen molar-refractivity contribution in [3.8, 4) is 6.07 Å². The SMILES string of the molecule is COC1(CCc2cc(NC(=O)N3CCCc4cc(CN5CCCOCC5=O)c(C=O)nc43)ncc2C#N)CC1. The van der Waals surface area contributed by atoms with Crippen molar-refractivity contribution in [2.45, 2.75) is 57.1 Å². The Bertz CT molecular complexity index is 1320. The molecule has 2 aromatic rings. The van der Waals surface area contributed by atoms with Crippen LogP contribution in [0.3, 0.4) is 0 Å². The van der Waals surface area contributed by atoms with Gasteiger partial charge in [0.15, 0.2) is 6.29 Å². The van der Waals surface area contributed by atoms with Crippen molar-refractivity contribution in [3.63, 3.8) is 0 Å². The van der Waals surface area contributed by atoms with Crippen LogP contribution in [0.2, 0.25) is 0 Å². The quantitative estimate of drug-likeness (QED) is 0.512. The summed E-state index contributed by atoms with van der Waals surface area (Å²) in [5, 5.41) is 12.4. The van der Waals surface area contributed by atoms with Crippen LogP contribution in [-0.4, -0.2) is 72.1 Å². The van der Waals surface area contributed by atoms with E-state index in [4.69, 9.17) is 9.47 Å². The number of anilines is 2. The Balaban J connectivity index is 1.33. The second-order valence-electron chi connectivity index (χ2n) is 10.3. The lowest BCUT2D eigenvalue weighted by molar-refractivity contribution is -0.134. The number of hydrogen-bond donors (Lipinski definition) is 1. The van der Waals surface area contributed by atoms with Crippen LogP contribution in [0.1, 0.15) is 64.8 Å². The summed E-state index contributed by atoms with van der Waals surface area (Å²) in [7, 11) is 1.71. The van der Waals surface area contributed by atoms with Gasteiger partial charge in [-0.25, -0.2) is 14.8 Å². The number of pyridine rings is 2. The first-order valence-corrected chi connectivity index (χ1v) is 13.3. The summed E-state index contributed by atoms with van der Waals surface area (Å²) in [5.74, 6) is 0.657. The zero-order valence-electron chi connectivity index (χ0n) is 22.1. The Morgan fingerprint density at radius 3 is 2.87 bits per heavy atom. The van der Waals surface area contributed by atoms with Gasteiger partial charge in [0.1, 0.15) is 30.0 Å². The van der Waals surface area contributed by atoms with Gasteiger partial charge in [0.25, 0.3) is 0 Å². The fourth-order valence-electron chi connectivity index (χ4n) is 5.20. The number of amides is 3. The van der Waals surface area contributed by atoms with Gasteiger partial charge in [-0.15, -0.1) is 0 Å². The second kappa shape index (κ2) is 11.5. The molecule has 0 bridgehead atoms. The van der Waals surface area contributed by atoms with Gasteiger partial charge in [-0.05, 0) is 68.2 Å². The van der Waals surface area contributed by atoms with Crippen molar-refractivity contribution in [2.24, 2.45) is 0 Å². The lowest BCUT2D eigenvalue weighted by Crippen LogP contribution is -2.40. The summed E-state index contributed by atoms with van der Waals surface area (Å²) in [4.78, 5) is 49.7. The number of aryl methyl sites for hydroxylation is 2. The van der Waals surface area contributed by atoms with Crippen LogP contribution in [0.4, 0.5) is 16.4 Å². The van der Waals surface area contributed by atoms with Crippen LogP contribution in [0.5, 0.6) is 0 Å². The number of nitrogens with zero attached hydrogens (tertiary/aromatic N) is 5. The number of hydrogen-bond acceptors (Lipinski definition) is 8. The number of nitrogens with one attached hydrogen (secondary N) is 1. The fraction of sp³-hybridized carbons (Fsp3) is 0.500. The Morgan fingerprint density at radius 2 is 2.13 bits per heavy atom. The van der Waals surface area contributed by atoms with E-state index in [1.807, 2.05) is 6.07 Å². The average molecular weight is 533 g/mol. The number of nitriles is 1. The van der Waals surface area contributed by atoms with Crippen LogP contribution in [-0.2, 0) is 33.7 Å². The summed E-state index contributed by atoms with van der Waals surface area (Å²) < 4.78 is 10.9. The number of carbonyl (C=O) groups excluding carboxylic acids is 3. The largest absolute Gasteiger partial charge is 0.378 e. The first kappa shape index (κ1) is 26.7. The van der Waals surface area contributed by atoms with Gasteiger partial charge in [0, 0.05) is 45.1 Å². The van der Waals surface area contributed by atoms with E-state index in [1.54, 1.807) is 18.1 Å². The molecule has 204 valence electrons. The first-order valence-electron chi connectivity index (χ1n) is 13.3. The molecule has 1 N–H and O–H groups in total. The van der Waals surface area contributed by atoms with Crippen molar-refractivity contribution < 1.29 is 23.9 Å². The monoisotopic (exact) mass is 532 g/mol. The van der Waals surface area contributed by atoms with E-state index in [1.165, 1.54) is 11.1 Å². The molecule has 0 atom stereocenters. The maximum absolute atomic E-state index is 13.3. The number of aromatic nitrogens is 2. The minimum Gasteiger partial charge on any atom is -0.378 e. The smallest absolute Gasteiger partial charge is 0.328 e. The molecule has 2 fully saturated rings. The highest BCUT2D eigenvalue weighted by molar-refractivity contribution is 6.01. The molecule has 2 aromatic heterocycles. The van der Waals surface area contributed by atoms with Gasteiger partial charge in [0.2, 0.25) is 5.91 Å². The van der Waals surface area contributed by atoms with Crippen molar-refractivity contribution >= 4 is 29.9 Å². The van der Waals surface area contributed by atoms with Gasteiger partial charge in [-0.2, -0.15) is 5.26 Å². The summed E-state index contributed by atoms with van der Waals surface area (Å²) in [6.07, 6.45) is 7.76. The number of ether oxygens (including phenoxy) is 2. The van der Waals surface area contributed by atoms with Crippen LogP contribution in [0, 0.1) is 11.3 Å². The molecule has 11 nitrogen and oxygen atoms in total. The fourth-order valence-corrected chi connectivity index (χ4v) is 5.20. The standard InChI is InChI=1S/C28H32N6O5/c1-38-28(7-8-28)6-5-19-13-24(30-15-22(19)14-29)32-27(37)34-10-2-4-20-12-21(23(17-35)31-26(20)34)16-33-9-3-11-39-18-25(33)36/h12-13,15,17H,2-11,16,18H2,1H3,(H,30,32,37). The third kappa shape index (κ3) is 5.92. The molecule has 11 heteroatoms. The highest BCUT2D eigenvalue weighted by Gasteiger charge is 2.42. The molecule has 1 aliphatic carbocycles. The zero-order valence-corrected chi connectivity index (χ0v) is 22.1. The summed E-state index contributed by atoms with van der Waals surface area (Å²) in [6.45, 7) is 1.81. The van der Waals surface area contributed by atoms with E-state index in [0.29, 0.717) is 61.6 Å². The normalized spacial score (nSPS) is 18.1.